The number of imidazole rings is 1. The van der Waals surface area contributed by atoms with Crippen LogP contribution in [0.15, 0.2) is 83.5 Å². The van der Waals surface area contributed by atoms with Crippen molar-refractivity contribution >= 4 is 34.2 Å². The molecule has 0 unspecified atom stereocenters. The molecule has 4 aromatic rings. The van der Waals surface area contributed by atoms with Crippen LogP contribution in [-0.2, 0) is 42.1 Å². The molecule has 3 aromatic carbocycles. The Kier molecular flexibility index (Phi) is 13.9. The highest BCUT2D eigenvalue weighted by Gasteiger charge is 2.23. The van der Waals surface area contributed by atoms with Crippen molar-refractivity contribution in [3.8, 4) is 16.9 Å². The van der Waals surface area contributed by atoms with Gasteiger partial charge < -0.3 is 33.7 Å². The average Bonchev–Trinajstić information content (AvgIpc) is 3.53. The molecule has 10 nitrogen and oxygen atoms in total. The van der Waals surface area contributed by atoms with Gasteiger partial charge in [-0.1, -0.05) is 31.5 Å². The second-order valence-corrected chi connectivity index (χ2v) is 14.9. The zero-order valence-corrected chi connectivity index (χ0v) is 32.0. The molecular weight excluding hydrogens is 689 g/mol. The molecule has 1 amide bonds. The van der Waals surface area contributed by atoms with Crippen LogP contribution in [0.25, 0.3) is 17.2 Å². The fraction of sp³-hybridized carbons (Fsp3) is 0.429. The first-order valence-electron chi connectivity index (χ1n) is 18.8. The molecule has 11 heteroatoms. The lowest BCUT2D eigenvalue weighted by Crippen LogP contribution is -2.41. The number of hydrogen-bond donors (Lipinski definition) is 1. The summed E-state index contributed by atoms with van der Waals surface area (Å²) >= 11 is 0. The molecule has 0 aliphatic carbocycles. The molecule has 1 fully saturated rings. The third-order valence-corrected chi connectivity index (χ3v) is 11.0. The van der Waals surface area contributed by atoms with Gasteiger partial charge in [-0.15, -0.1) is 0 Å². The molecule has 1 saturated heterocycles. The molecule has 0 saturated carbocycles. The van der Waals surface area contributed by atoms with E-state index in [1.165, 1.54) is 0 Å². The normalized spacial score (nSPS) is 16.6. The highest BCUT2D eigenvalue weighted by Crippen LogP contribution is 2.33. The summed E-state index contributed by atoms with van der Waals surface area (Å²) in [5.41, 5.74) is 7.38. The Morgan fingerprint density at radius 1 is 1.00 bits per heavy atom. The Morgan fingerprint density at radius 2 is 1.81 bits per heavy atom. The Bertz CT molecular complexity index is 1850. The lowest BCUT2D eigenvalue weighted by atomic mass is 9.96. The van der Waals surface area contributed by atoms with Gasteiger partial charge in [-0.3, -0.25) is 9.00 Å². The smallest absolute Gasteiger partial charge is 0.251 e. The van der Waals surface area contributed by atoms with Crippen LogP contribution >= 0.6 is 0 Å². The van der Waals surface area contributed by atoms with Crippen LogP contribution in [0.3, 0.4) is 0 Å². The molecular formula is C42H52N4O6S. The second kappa shape index (κ2) is 19.2. The number of anilines is 2. The minimum Gasteiger partial charge on any atom is -0.491 e. The largest absolute Gasteiger partial charge is 0.491 e. The number of carbonyl (C=O) groups is 1. The van der Waals surface area contributed by atoms with E-state index in [0.29, 0.717) is 67.9 Å². The van der Waals surface area contributed by atoms with E-state index in [0.717, 1.165) is 78.5 Å². The fourth-order valence-corrected chi connectivity index (χ4v) is 7.85. The molecule has 0 bridgehead atoms. The number of nitrogens with zero attached hydrogens (tertiary/aromatic N) is 3. The van der Waals surface area contributed by atoms with Crippen LogP contribution in [-0.4, -0.2) is 78.5 Å². The lowest BCUT2D eigenvalue weighted by Gasteiger charge is -2.33. The number of benzene rings is 3. The van der Waals surface area contributed by atoms with Crippen molar-refractivity contribution in [3.63, 3.8) is 0 Å². The minimum absolute atomic E-state index is 0.0119. The summed E-state index contributed by atoms with van der Waals surface area (Å²) in [4.78, 5) is 21.3. The monoisotopic (exact) mass is 740 g/mol. The van der Waals surface area contributed by atoms with E-state index in [-0.39, 0.29) is 12.0 Å². The zero-order chi connectivity index (χ0) is 37.0. The number of amides is 1. The predicted molar refractivity (Wildman–Crippen MR) is 211 cm³/mol. The number of ether oxygens (including phenoxy) is 4. The van der Waals surface area contributed by atoms with E-state index in [4.69, 9.17) is 18.9 Å². The van der Waals surface area contributed by atoms with Crippen molar-refractivity contribution in [1.29, 1.82) is 0 Å². The number of rotatable bonds is 16. The second-order valence-electron chi connectivity index (χ2n) is 13.4. The highest BCUT2D eigenvalue weighted by atomic mass is 32.2. The Labute approximate surface area is 316 Å². The van der Waals surface area contributed by atoms with Crippen LogP contribution < -0.4 is 15.0 Å². The van der Waals surface area contributed by atoms with Crippen molar-refractivity contribution in [2.24, 2.45) is 0 Å². The fourth-order valence-electron chi connectivity index (χ4n) is 6.62. The van der Waals surface area contributed by atoms with Crippen molar-refractivity contribution in [3.05, 3.63) is 95.6 Å². The van der Waals surface area contributed by atoms with Crippen molar-refractivity contribution in [2.45, 2.75) is 69.8 Å². The molecule has 2 atom stereocenters. The lowest BCUT2D eigenvalue weighted by molar-refractivity contribution is -0.112. The van der Waals surface area contributed by atoms with E-state index in [2.05, 4.69) is 52.5 Å². The molecule has 6 rings (SSSR count). The van der Waals surface area contributed by atoms with Crippen LogP contribution in [0.1, 0.15) is 56.5 Å². The molecule has 0 radical (unpaired) electrons. The van der Waals surface area contributed by atoms with Gasteiger partial charge in [-0.05, 0) is 104 Å². The summed E-state index contributed by atoms with van der Waals surface area (Å²) in [5, 5.41) is 3.10. The molecule has 3 heterocycles. The third kappa shape index (κ3) is 10.4. The van der Waals surface area contributed by atoms with Gasteiger partial charge in [-0.2, -0.15) is 0 Å². The van der Waals surface area contributed by atoms with Gasteiger partial charge in [0.15, 0.2) is 0 Å². The van der Waals surface area contributed by atoms with Gasteiger partial charge in [0.25, 0.3) is 5.91 Å². The van der Waals surface area contributed by atoms with Crippen molar-refractivity contribution < 1.29 is 28.0 Å². The SMILES string of the molecule is CCCCOCCOc1ccc(-c2ccc3c(c2)C=C(C(=O)Nc2ccc([S@@](=O)Cc4c(C)ncn4CC)cc2)CCCN3C[C@H]2COCCO2)cc1. The van der Waals surface area contributed by atoms with Crippen LogP contribution in [0.5, 0.6) is 5.75 Å². The summed E-state index contributed by atoms with van der Waals surface area (Å²) in [6, 6.07) is 21.9. The average molecular weight is 741 g/mol. The quantitative estimate of drug-likeness (QED) is 0.119. The van der Waals surface area contributed by atoms with Gasteiger partial charge in [0.2, 0.25) is 0 Å². The maximum absolute atomic E-state index is 13.8. The number of unbranched alkanes of at least 4 members (excludes halogenated alkanes) is 1. The molecule has 1 N–H and O–H groups in total. The molecule has 0 spiro atoms. The summed E-state index contributed by atoms with van der Waals surface area (Å²) in [6.07, 6.45) is 7.41. The Balaban J connectivity index is 1.18. The van der Waals surface area contributed by atoms with Gasteiger partial charge in [-0.25, -0.2) is 4.98 Å². The molecule has 2 aliphatic heterocycles. The number of nitrogens with one attached hydrogen (secondary N) is 1. The van der Waals surface area contributed by atoms with Gasteiger partial charge in [0.05, 0.1) is 66.8 Å². The van der Waals surface area contributed by atoms with Crippen molar-refractivity contribution in [2.75, 3.05) is 62.9 Å². The van der Waals surface area contributed by atoms with Gasteiger partial charge in [0.1, 0.15) is 12.4 Å². The zero-order valence-electron chi connectivity index (χ0n) is 31.2. The molecule has 1 aromatic heterocycles. The van der Waals surface area contributed by atoms with E-state index in [1.54, 1.807) is 6.33 Å². The Morgan fingerprint density at radius 3 is 2.57 bits per heavy atom. The van der Waals surface area contributed by atoms with Gasteiger partial charge >= 0.3 is 0 Å². The summed E-state index contributed by atoms with van der Waals surface area (Å²) in [5.74, 6) is 1.05. The van der Waals surface area contributed by atoms with Crippen LogP contribution in [0, 0.1) is 6.92 Å². The predicted octanol–water partition coefficient (Wildman–Crippen LogP) is 7.42. The maximum Gasteiger partial charge on any atom is 0.251 e. The van der Waals surface area contributed by atoms with E-state index < -0.39 is 10.8 Å². The van der Waals surface area contributed by atoms with Crippen LogP contribution in [0.4, 0.5) is 11.4 Å². The highest BCUT2D eigenvalue weighted by molar-refractivity contribution is 7.84. The Hall–Kier alpha value is -4.29. The van der Waals surface area contributed by atoms with E-state index in [9.17, 15) is 9.00 Å². The van der Waals surface area contributed by atoms with E-state index >= 15 is 0 Å². The summed E-state index contributed by atoms with van der Waals surface area (Å²) in [7, 11) is -1.24. The van der Waals surface area contributed by atoms with Crippen molar-refractivity contribution in [1.82, 2.24) is 9.55 Å². The third-order valence-electron chi connectivity index (χ3n) is 9.64. The number of aryl methyl sites for hydroxylation is 2. The number of fused-ring (bicyclic) bond motifs is 1. The maximum atomic E-state index is 13.8. The molecule has 282 valence electrons. The van der Waals surface area contributed by atoms with E-state index in [1.807, 2.05) is 60.9 Å². The summed E-state index contributed by atoms with van der Waals surface area (Å²) < 4.78 is 38.5. The molecule has 2 aliphatic rings. The summed E-state index contributed by atoms with van der Waals surface area (Å²) in [6.45, 7) is 12.1. The standard InChI is InChI=1S/C42H52N4O6S/c1-4-6-20-49-21-23-51-37-14-9-32(10-15-37)33-11-18-40-35(25-33)26-34(8-7-19-46(40)27-38-28-50-22-24-52-38)42(47)44-36-12-16-39(17-13-36)53(48)29-41-31(3)43-30-45(41)5-2/h9-18,25-26,30,38H,4-8,19-24,27-29H2,1-3H3,(H,44,47)/t38-,53-/m0/s1. The number of aromatic nitrogens is 2. The first-order chi connectivity index (χ1) is 25.9. The first-order valence-corrected chi connectivity index (χ1v) is 20.1. The van der Waals surface area contributed by atoms with Gasteiger partial charge in [0, 0.05) is 48.1 Å². The number of hydrogen-bond acceptors (Lipinski definition) is 8. The topological polar surface area (TPSA) is 104 Å². The number of carbonyl (C=O) groups excluding carboxylic acids is 1. The minimum atomic E-state index is -1.24. The van der Waals surface area contributed by atoms with Crippen LogP contribution in [0.2, 0.25) is 0 Å². The molecule has 53 heavy (non-hydrogen) atoms. The first kappa shape index (κ1) is 38.4.